The average Bonchev–Trinajstić information content (AvgIpc) is 2.25. The van der Waals surface area contributed by atoms with Crippen molar-refractivity contribution in [3.63, 3.8) is 0 Å². The lowest BCUT2D eigenvalue weighted by atomic mass is 10.1. The smallest absolute Gasteiger partial charge is 0.171 e. The molecule has 0 fully saturated rings. The zero-order valence-corrected chi connectivity index (χ0v) is 11.2. The Morgan fingerprint density at radius 1 is 1.31 bits per heavy atom. The van der Waals surface area contributed by atoms with Gasteiger partial charge in [-0.15, -0.1) is 0 Å². The number of allylic oxidation sites excluding steroid dienone is 1. The summed E-state index contributed by atoms with van der Waals surface area (Å²) in [5.74, 6) is 0.854. The van der Waals surface area contributed by atoms with Crippen molar-refractivity contribution in [3.8, 4) is 5.75 Å². The summed E-state index contributed by atoms with van der Waals surface area (Å²) in [6.45, 7) is 3.65. The van der Waals surface area contributed by atoms with E-state index in [0.717, 1.165) is 11.3 Å². The van der Waals surface area contributed by atoms with E-state index in [0.29, 0.717) is 0 Å². The summed E-state index contributed by atoms with van der Waals surface area (Å²) in [5, 5.41) is 0. The fourth-order valence-electron chi connectivity index (χ4n) is 1.09. The maximum absolute atomic E-state index is 11.6. The van der Waals surface area contributed by atoms with Gasteiger partial charge in [0.2, 0.25) is 0 Å². The van der Waals surface area contributed by atoms with Crippen LogP contribution >= 0.6 is 15.9 Å². The normalized spacial score (nSPS) is 11.8. The lowest BCUT2D eigenvalue weighted by molar-refractivity contribution is -0.115. The minimum Gasteiger partial charge on any atom is -0.497 e. The lowest BCUT2D eigenvalue weighted by Crippen LogP contribution is -2.21. The van der Waals surface area contributed by atoms with Gasteiger partial charge in [-0.1, -0.05) is 34.1 Å². The quantitative estimate of drug-likeness (QED) is 0.625. The molecular formula is C13H15BrO2. The highest BCUT2D eigenvalue weighted by Crippen LogP contribution is 2.18. The van der Waals surface area contributed by atoms with Crippen LogP contribution in [-0.2, 0) is 4.79 Å². The predicted octanol–water partition coefficient (Wildman–Crippen LogP) is 3.45. The zero-order chi connectivity index (χ0) is 12.2. The van der Waals surface area contributed by atoms with Crippen molar-refractivity contribution in [1.29, 1.82) is 0 Å². The van der Waals surface area contributed by atoms with Crippen LogP contribution in [0.25, 0.3) is 6.08 Å². The Labute approximate surface area is 104 Å². The third kappa shape index (κ3) is 3.81. The van der Waals surface area contributed by atoms with Crippen LogP contribution < -0.4 is 4.74 Å². The Morgan fingerprint density at radius 3 is 2.31 bits per heavy atom. The second-order valence-corrected chi connectivity index (χ2v) is 5.93. The predicted molar refractivity (Wildman–Crippen MR) is 70.0 cm³/mol. The number of carbonyl (C=O) groups is 1. The number of benzene rings is 1. The molecule has 0 unspecified atom stereocenters. The first kappa shape index (κ1) is 13.0. The van der Waals surface area contributed by atoms with Crippen LogP contribution in [0.2, 0.25) is 0 Å². The van der Waals surface area contributed by atoms with E-state index in [1.54, 1.807) is 19.3 Å². The zero-order valence-electron chi connectivity index (χ0n) is 9.66. The lowest BCUT2D eigenvalue weighted by Gasteiger charge is -2.10. The first-order valence-electron chi connectivity index (χ1n) is 4.99. The highest BCUT2D eigenvalue weighted by molar-refractivity contribution is 9.10. The van der Waals surface area contributed by atoms with Gasteiger partial charge in [0.1, 0.15) is 5.75 Å². The third-order valence-electron chi connectivity index (χ3n) is 2.13. The number of ketones is 1. The molecular weight excluding hydrogens is 268 g/mol. The standard InChI is InChI=1S/C13H15BrO2/c1-13(2,14)12(15)9-6-10-4-7-11(16-3)8-5-10/h4-9H,1-3H3. The summed E-state index contributed by atoms with van der Waals surface area (Å²) in [7, 11) is 1.63. The van der Waals surface area contributed by atoms with Gasteiger partial charge in [-0.2, -0.15) is 0 Å². The van der Waals surface area contributed by atoms with Gasteiger partial charge < -0.3 is 4.74 Å². The molecule has 0 heterocycles. The number of rotatable bonds is 4. The SMILES string of the molecule is COc1ccc(C=CC(=O)C(C)(C)Br)cc1. The molecule has 0 bridgehead atoms. The van der Waals surface area contributed by atoms with E-state index in [-0.39, 0.29) is 5.78 Å². The van der Waals surface area contributed by atoms with Crippen molar-refractivity contribution in [2.45, 2.75) is 18.2 Å². The Balaban J connectivity index is 2.73. The molecule has 0 radical (unpaired) electrons. The van der Waals surface area contributed by atoms with E-state index in [1.165, 1.54) is 0 Å². The molecule has 0 atom stereocenters. The molecule has 0 aromatic heterocycles. The van der Waals surface area contributed by atoms with Crippen molar-refractivity contribution in [3.05, 3.63) is 35.9 Å². The molecule has 86 valence electrons. The van der Waals surface area contributed by atoms with E-state index in [2.05, 4.69) is 15.9 Å². The molecule has 0 saturated heterocycles. The molecule has 0 N–H and O–H groups in total. The molecule has 0 spiro atoms. The summed E-state index contributed by atoms with van der Waals surface area (Å²) in [4.78, 5) is 11.6. The van der Waals surface area contributed by atoms with Gasteiger partial charge in [-0.3, -0.25) is 4.79 Å². The maximum Gasteiger partial charge on any atom is 0.171 e. The van der Waals surface area contributed by atoms with E-state index in [9.17, 15) is 4.79 Å². The summed E-state index contributed by atoms with van der Waals surface area (Å²) < 4.78 is 4.55. The van der Waals surface area contributed by atoms with Crippen LogP contribution in [0.15, 0.2) is 30.3 Å². The number of ether oxygens (including phenoxy) is 1. The second kappa shape index (κ2) is 5.30. The van der Waals surface area contributed by atoms with Crippen LogP contribution in [0.1, 0.15) is 19.4 Å². The van der Waals surface area contributed by atoms with Crippen molar-refractivity contribution in [1.82, 2.24) is 0 Å². The first-order valence-corrected chi connectivity index (χ1v) is 5.78. The molecule has 3 heteroatoms. The molecule has 0 aliphatic carbocycles. The minimum absolute atomic E-state index is 0.0447. The maximum atomic E-state index is 11.6. The number of hydrogen-bond donors (Lipinski definition) is 0. The summed E-state index contributed by atoms with van der Waals surface area (Å²) in [6.07, 6.45) is 3.38. The summed E-state index contributed by atoms with van der Waals surface area (Å²) in [6, 6.07) is 7.54. The van der Waals surface area contributed by atoms with Crippen LogP contribution in [0.3, 0.4) is 0 Å². The number of methoxy groups -OCH3 is 1. The largest absolute Gasteiger partial charge is 0.497 e. The number of carbonyl (C=O) groups excluding carboxylic acids is 1. The van der Waals surface area contributed by atoms with Crippen molar-refractivity contribution in [2.24, 2.45) is 0 Å². The van der Waals surface area contributed by atoms with Crippen LogP contribution in [0.5, 0.6) is 5.75 Å². The minimum atomic E-state index is -0.504. The highest BCUT2D eigenvalue weighted by atomic mass is 79.9. The molecule has 0 aliphatic heterocycles. The monoisotopic (exact) mass is 282 g/mol. The van der Waals surface area contributed by atoms with Gasteiger partial charge in [-0.05, 0) is 37.6 Å². The van der Waals surface area contributed by atoms with Crippen molar-refractivity contribution < 1.29 is 9.53 Å². The molecule has 2 nitrogen and oxygen atoms in total. The fourth-order valence-corrected chi connectivity index (χ4v) is 1.22. The fraction of sp³-hybridized carbons (Fsp3) is 0.308. The second-order valence-electron chi connectivity index (χ2n) is 3.94. The van der Waals surface area contributed by atoms with Gasteiger partial charge in [0.05, 0.1) is 11.4 Å². The van der Waals surface area contributed by atoms with Crippen molar-refractivity contribution in [2.75, 3.05) is 7.11 Å². The summed E-state index contributed by atoms with van der Waals surface area (Å²) >= 11 is 3.32. The Kier molecular flexibility index (Phi) is 4.30. The van der Waals surface area contributed by atoms with Crippen LogP contribution in [0, 0.1) is 0 Å². The molecule has 0 amide bonds. The van der Waals surface area contributed by atoms with Crippen molar-refractivity contribution >= 4 is 27.8 Å². The molecule has 0 saturated carbocycles. The van der Waals surface area contributed by atoms with Gasteiger partial charge >= 0.3 is 0 Å². The molecule has 0 aliphatic rings. The number of alkyl halides is 1. The number of halogens is 1. The topological polar surface area (TPSA) is 26.3 Å². The summed E-state index contributed by atoms with van der Waals surface area (Å²) in [5.41, 5.74) is 0.978. The number of hydrogen-bond acceptors (Lipinski definition) is 2. The van der Waals surface area contributed by atoms with Gasteiger partial charge in [-0.25, -0.2) is 0 Å². The Morgan fingerprint density at radius 2 is 1.88 bits per heavy atom. The van der Waals surface area contributed by atoms with Gasteiger partial charge in [0.25, 0.3) is 0 Å². The van der Waals surface area contributed by atoms with Gasteiger partial charge in [0.15, 0.2) is 5.78 Å². The van der Waals surface area contributed by atoms with E-state index in [1.807, 2.05) is 38.1 Å². The molecule has 1 rings (SSSR count). The average molecular weight is 283 g/mol. The Hall–Kier alpha value is -1.09. The molecule has 1 aromatic carbocycles. The van der Waals surface area contributed by atoms with E-state index in [4.69, 9.17) is 4.74 Å². The van der Waals surface area contributed by atoms with Gasteiger partial charge in [0, 0.05) is 0 Å². The van der Waals surface area contributed by atoms with Crippen LogP contribution in [-0.4, -0.2) is 17.2 Å². The van der Waals surface area contributed by atoms with E-state index < -0.39 is 4.32 Å². The van der Waals surface area contributed by atoms with Crippen LogP contribution in [0.4, 0.5) is 0 Å². The Bertz CT molecular complexity index is 385. The van der Waals surface area contributed by atoms with E-state index >= 15 is 0 Å². The molecule has 16 heavy (non-hydrogen) atoms. The highest BCUT2D eigenvalue weighted by Gasteiger charge is 2.20. The first-order chi connectivity index (χ1) is 7.43. The molecule has 1 aromatic rings. The third-order valence-corrected chi connectivity index (χ3v) is 2.52.